The van der Waals surface area contributed by atoms with E-state index in [-0.39, 0.29) is 30.5 Å². The molecule has 158 valence electrons. The Morgan fingerprint density at radius 3 is 2.43 bits per heavy atom. The Hall–Kier alpha value is -3.62. The number of methoxy groups -OCH3 is 1. The molecular weight excluding hydrogens is 388 g/mol. The highest BCUT2D eigenvalue weighted by Crippen LogP contribution is 2.20. The van der Waals surface area contributed by atoms with Crippen molar-refractivity contribution >= 4 is 23.2 Å². The summed E-state index contributed by atoms with van der Waals surface area (Å²) in [4.78, 5) is 38.8. The third-order valence-electron chi connectivity index (χ3n) is 5.01. The molecule has 0 atom stereocenters. The number of nitro groups is 1. The van der Waals surface area contributed by atoms with E-state index in [1.165, 1.54) is 19.2 Å². The Bertz CT molecular complexity index is 908. The van der Waals surface area contributed by atoms with Crippen LogP contribution in [0.2, 0.25) is 0 Å². The third-order valence-corrected chi connectivity index (χ3v) is 5.01. The molecular formula is C21H24N4O5. The second-order valence-electron chi connectivity index (χ2n) is 6.88. The summed E-state index contributed by atoms with van der Waals surface area (Å²) in [6.45, 7) is 2.70. The van der Waals surface area contributed by atoms with Crippen molar-refractivity contribution in [3.8, 4) is 5.75 Å². The molecule has 1 fully saturated rings. The van der Waals surface area contributed by atoms with Crippen LogP contribution in [0, 0.1) is 10.1 Å². The number of hydrogen-bond donors (Lipinski definition) is 1. The van der Waals surface area contributed by atoms with Crippen LogP contribution in [0.25, 0.3) is 0 Å². The molecule has 0 radical (unpaired) electrons. The molecule has 30 heavy (non-hydrogen) atoms. The number of non-ortho nitro benzene ring substituents is 1. The van der Waals surface area contributed by atoms with Crippen molar-refractivity contribution in [3.63, 3.8) is 0 Å². The summed E-state index contributed by atoms with van der Waals surface area (Å²) in [5.41, 5.74) is 1.44. The normalized spacial score (nSPS) is 13.6. The zero-order valence-corrected chi connectivity index (χ0v) is 16.7. The van der Waals surface area contributed by atoms with Crippen LogP contribution < -0.4 is 15.0 Å². The van der Waals surface area contributed by atoms with Crippen LogP contribution in [0.1, 0.15) is 16.8 Å². The summed E-state index contributed by atoms with van der Waals surface area (Å²) < 4.78 is 5.11. The SMILES string of the molecule is COc1cccc(C(=O)NCCC(=O)N2CCN(c3ccc([N+](=O)[O-])cc3)CC2)c1. The highest BCUT2D eigenvalue weighted by molar-refractivity contribution is 5.94. The maximum atomic E-state index is 12.4. The number of benzene rings is 2. The van der Waals surface area contributed by atoms with E-state index in [0.29, 0.717) is 37.5 Å². The summed E-state index contributed by atoms with van der Waals surface area (Å²) in [5, 5.41) is 13.5. The standard InChI is InChI=1S/C21H24N4O5/c1-30-19-4-2-3-16(15-19)21(27)22-10-9-20(26)24-13-11-23(12-14-24)17-5-7-18(8-6-17)25(28)29/h2-8,15H,9-14H2,1H3,(H,22,27). The van der Waals surface area contributed by atoms with Gasteiger partial charge in [0.25, 0.3) is 11.6 Å². The van der Waals surface area contributed by atoms with Crippen molar-refractivity contribution < 1.29 is 19.2 Å². The molecule has 9 nitrogen and oxygen atoms in total. The zero-order valence-electron chi connectivity index (χ0n) is 16.7. The van der Waals surface area contributed by atoms with Crippen LogP contribution >= 0.6 is 0 Å². The third kappa shape index (κ3) is 5.25. The molecule has 0 bridgehead atoms. The molecule has 1 N–H and O–H groups in total. The number of nitrogens with one attached hydrogen (secondary N) is 1. The molecule has 0 unspecified atom stereocenters. The van der Waals surface area contributed by atoms with E-state index in [2.05, 4.69) is 10.2 Å². The van der Waals surface area contributed by atoms with Crippen molar-refractivity contribution in [3.05, 3.63) is 64.2 Å². The highest BCUT2D eigenvalue weighted by Gasteiger charge is 2.21. The number of amides is 2. The Morgan fingerprint density at radius 2 is 1.80 bits per heavy atom. The van der Waals surface area contributed by atoms with Gasteiger partial charge in [0, 0.05) is 62.5 Å². The van der Waals surface area contributed by atoms with Crippen LogP contribution in [-0.4, -0.2) is 61.5 Å². The number of nitro benzene ring substituents is 1. The number of ether oxygens (including phenoxy) is 1. The van der Waals surface area contributed by atoms with Gasteiger partial charge in [-0.3, -0.25) is 19.7 Å². The van der Waals surface area contributed by atoms with Crippen LogP contribution in [-0.2, 0) is 4.79 Å². The predicted molar refractivity (Wildman–Crippen MR) is 112 cm³/mol. The number of rotatable bonds is 7. The number of carbonyl (C=O) groups is 2. The molecule has 0 aliphatic carbocycles. The van der Waals surface area contributed by atoms with E-state index in [1.807, 2.05) is 0 Å². The van der Waals surface area contributed by atoms with E-state index in [0.717, 1.165) is 5.69 Å². The Kier molecular flexibility index (Phi) is 6.84. The summed E-state index contributed by atoms with van der Waals surface area (Å²) in [5.74, 6) is 0.346. The maximum absolute atomic E-state index is 12.4. The van der Waals surface area contributed by atoms with Gasteiger partial charge in [0.15, 0.2) is 0 Å². The minimum absolute atomic E-state index is 0.00992. The first kappa shape index (κ1) is 21.1. The topological polar surface area (TPSA) is 105 Å². The van der Waals surface area contributed by atoms with Gasteiger partial charge >= 0.3 is 0 Å². The van der Waals surface area contributed by atoms with Crippen LogP contribution in [0.5, 0.6) is 5.75 Å². The van der Waals surface area contributed by atoms with Gasteiger partial charge in [0.05, 0.1) is 12.0 Å². The first-order valence-electron chi connectivity index (χ1n) is 9.67. The fraction of sp³-hybridized carbons (Fsp3) is 0.333. The van der Waals surface area contributed by atoms with Crippen LogP contribution in [0.4, 0.5) is 11.4 Å². The largest absolute Gasteiger partial charge is 0.497 e. The maximum Gasteiger partial charge on any atom is 0.269 e. The predicted octanol–water partition coefficient (Wildman–Crippen LogP) is 2.07. The Balaban J connectivity index is 1.42. The molecule has 1 aliphatic rings. The van der Waals surface area contributed by atoms with Gasteiger partial charge in [-0.1, -0.05) is 6.07 Å². The second-order valence-corrected chi connectivity index (χ2v) is 6.88. The van der Waals surface area contributed by atoms with Gasteiger partial charge in [-0.15, -0.1) is 0 Å². The van der Waals surface area contributed by atoms with Gasteiger partial charge < -0.3 is 19.9 Å². The minimum Gasteiger partial charge on any atom is -0.497 e. The first-order chi connectivity index (χ1) is 14.5. The highest BCUT2D eigenvalue weighted by atomic mass is 16.6. The number of nitrogens with zero attached hydrogens (tertiary/aromatic N) is 3. The quantitative estimate of drug-likeness (QED) is 0.551. The molecule has 2 aromatic carbocycles. The zero-order chi connectivity index (χ0) is 21.5. The minimum atomic E-state index is -0.423. The molecule has 0 aromatic heterocycles. The van der Waals surface area contributed by atoms with Gasteiger partial charge in [0.1, 0.15) is 5.75 Å². The Morgan fingerprint density at radius 1 is 1.10 bits per heavy atom. The lowest BCUT2D eigenvalue weighted by Crippen LogP contribution is -2.49. The molecule has 2 amide bonds. The van der Waals surface area contributed by atoms with Gasteiger partial charge in [-0.2, -0.15) is 0 Å². The van der Waals surface area contributed by atoms with Crippen molar-refractivity contribution in [2.75, 3.05) is 44.7 Å². The lowest BCUT2D eigenvalue weighted by Gasteiger charge is -2.36. The molecule has 0 saturated carbocycles. The van der Waals surface area contributed by atoms with E-state index in [9.17, 15) is 19.7 Å². The molecule has 9 heteroatoms. The Labute approximate surface area is 174 Å². The average Bonchev–Trinajstić information content (AvgIpc) is 2.79. The molecule has 0 spiro atoms. The monoisotopic (exact) mass is 412 g/mol. The van der Waals surface area contributed by atoms with Gasteiger partial charge in [-0.25, -0.2) is 0 Å². The molecule has 3 rings (SSSR count). The number of anilines is 1. The smallest absolute Gasteiger partial charge is 0.269 e. The lowest BCUT2D eigenvalue weighted by atomic mass is 10.2. The van der Waals surface area contributed by atoms with E-state index in [4.69, 9.17) is 4.74 Å². The van der Waals surface area contributed by atoms with Gasteiger partial charge in [0.2, 0.25) is 5.91 Å². The summed E-state index contributed by atoms with van der Waals surface area (Å²) in [6, 6.07) is 13.3. The number of piperazine rings is 1. The fourth-order valence-electron chi connectivity index (χ4n) is 3.31. The summed E-state index contributed by atoms with van der Waals surface area (Å²) in [7, 11) is 1.54. The fourth-order valence-corrected chi connectivity index (χ4v) is 3.31. The summed E-state index contributed by atoms with van der Waals surface area (Å²) >= 11 is 0. The number of hydrogen-bond acceptors (Lipinski definition) is 6. The van der Waals surface area contributed by atoms with Gasteiger partial charge in [-0.05, 0) is 30.3 Å². The summed E-state index contributed by atoms with van der Waals surface area (Å²) in [6.07, 6.45) is 0.229. The van der Waals surface area contributed by atoms with Crippen molar-refractivity contribution in [1.82, 2.24) is 10.2 Å². The van der Waals surface area contributed by atoms with Crippen molar-refractivity contribution in [1.29, 1.82) is 0 Å². The van der Waals surface area contributed by atoms with E-state index < -0.39 is 4.92 Å². The van der Waals surface area contributed by atoms with Crippen LogP contribution in [0.15, 0.2) is 48.5 Å². The average molecular weight is 412 g/mol. The molecule has 1 heterocycles. The van der Waals surface area contributed by atoms with E-state index >= 15 is 0 Å². The molecule has 1 aliphatic heterocycles. The number of carbonyl (C=O) groups excluding carboxylic acids is 2. The second kappa shape index (κ2) is 9.73. The van der Waals surface area contributed by atoms with Crippen LogP contribution in [0.3, 0.4) is 0 Å². The van der Waals surface area contributed by atoms with Crippen molar-refractivity contribution in [2.45, 2.75) is 6.42 Å². The molecule has 2 aromatic rings. The molecule has 1 saturated heterocycles. The lowest BCUT2D eigenvalue weighted by molar-refractivity contribution is -0.384. The van der Waals surface area contributed by atoms with E-state index in [1.54, 1.807) is 41.3 Å². The van der Waals surface area contributed by atoms with Crippen molar-refractivity contribution in [2.24, 2.45) is 0 Å². The first-order valence-corrected chi connectivity index (χ1v) is 9.67.